The normalized spacial score (nSPS) is 11.0. The summed E-state index contributed by atoms with van der Waals surface area (Å²) >= 11 is 5.66. The number of nitro groups is 1. The van der Waals surface area contributed by atoms with Gasteiger partial charge in [-0.1, -0.05) is 11.6 Å². The Morgan fingerprint density at radius 3 is 2.72 bits per heavy atom. The lowest BCUT2D eigenvalue weighted by molar-refractivity contribution is -0.384. The number of benzene rings is 1. The van der Waals surface area contributed by atoms with Crippen LogP contribution in [0.15, 0.2) is 36.5 Å². The molecular weight excluding hydrogens is 367 g/mol. The molecule has 7 nitrogen and oxygen atoms in total. The van der Waals surface area contributed by atoms with Crippen molar-refractivity contribution in [3.8, 4) is 5.88 Å². The van der Waals surface area contributed by atoms with E-state index in [1.54, 1.807) is 0 Å². The number of alkyl halides is 3. The largest absolute Gasteiger partial charge is 0.467 e. The van der Waals surface area contributed by atoms with E-state index in [1.165, 1.54) is 24.3 Å². The van der Waals surface area contributed by atoms with Crippen LogP contribution < -0.4 is 10.1 Å². The van der Waals surface area contributed by atoms with E-state index in [1.807, 2.05) is 0 Å². The fraction of sp³-hybridized carbons (Fsp3) is 0.143. The highest BCUT2D eigenvalue weighted by atomic mass is 35.5. The van der Waals surface area contributed by atoms with Crippen LogP contribution in [0.1, 0.15) is 10.4 Å². The van der Waals surface area contributed by atoms with E-state index in [9.17, 15) is 28.1 Å². The maximum absolute atomic E-state index is 12.2. The quantitative estimate of drug-likeness (QED) is 0.633. The lowest BCUT2D eigenvalue weighted by atomic mass is 10.2. The molecule has 1 aromatic carbocycles. The molecule has 0 aliphatic carbocycles. The summed E-state index contributed by atoms with van der Waals surface area (Å²) in [7, 11) is 0. The Balaban J connectivity index is 2.22. The molecule has 0 radical (unpaired) electrons. The van der Waals surface area contributed by atoms with Crippen LogP contribution in [0.5, 0.6) is 5.88 Å². The van der Waals surface area contributed by atoms with Crippen molar-refractivity contribution in [2.24, 2.45) is 0 Å². The zero-order valence-corrected chi connectivity index (χ0v) is 13.0. The molecule has 1 amide bonds. The van der Waals surface area contributed by atoms with Gasteiger partial charge in [-0.15, -0.1) is 0 Å². The van der Waals surface area contributed by atoms with Crippen LogP contribution >= 0.6 is 11.6 Å². The van der Waals surface area contributed by atoms with E-state index in [0.29, 0.717) is 0 Å². The zero-order valence-electron chi connectivity index (χ0n) is 12.2. The van der Waals surface area contributed by atoms with E-state index in [2.05, 4.69) is 15.0 Å². The van der Waals surface area contributed by atoms with Gasteiger partial charge in [0.2, 0.25) is 5.88 Å². The second-order valence-electron chi connectivity index (χ2n) is 4.64. The second-order valence-corrected chi connectivity index (χ2v) is 5.04. The molecule has 0 aliphatic heterocycles. The summed E-state index contributed by atoms with van der Waals surface area (Å²) in [4.78, 5) is 25.9. The molecule has 0 aliphatic rings. The third kappa shape index (κ3) is 5.05. The van der Waals surface area contributed by atoms with Gasteiger partial charge in [-0.3, -0.25) is 14.9 Å². The predicted molar refractivity (Wildman–Crippen MR) is 81.8 cm³/mol. The highest BCUT2D eigenvalue weighted by molar-refractivity contribution is 6.32. The number of hydrogen-bond acceptors (Lipinski definition) is 5. The molecule has 0 atom stereocenters. The monoisotopic (exact) mass is 375 g/mol. The summed E-state index contributed by atoms with van der Waals surface area (Å²) in [6.45, 7) is -1.61. The van der Waals surface area contributed by atoms with E-state index in [4.69, 9.17) is 11.6 Å². The number of pyridine rings is 1. The average Bonchev–Trinajstić information content (AvgIpc) is 2.54. The summed E-state index contributed by atoms with van der Waals surface area (Å²) in [6.07, 6.45) is -3.43. The summed E-state index contributed by atoms with van der Waals surface area (Å²) in [6, 6.07) is 6.07. The number of anilines is 1. The molecule has 0 unspecified atom stereocenters. The number of rotatable bonds is 5. The third-order valence-corrected chi connectivity index (χ3v) is 3.11. The van der Waals surface area contributed by atoms with Gasteiger partial charge in [-0.2, -0.15) is 13.2 Å². The minimum Gasteiger partial charge on any atom is -0.467 e. The van der Waals surface area contributed by atoms with Gasteiger partial charge in [0.15, 0.2) is 6.61 Å². The van der Waals surface area contributed by atoms with Crippen LogP contribution in [0, 0.1) is 10.1 Å². The maximum atomic E-state index is 12.2. The molecule has 0 bridgehead atoms. The molecule has 1 aromatic heterocycles. The minimum atomic E-state index is -4.60. The molecule has 0 saturated carbocycles. The fourth-order valence-electron chi connectivity index (χ4n) is 1.76. The standard InChI is InChI=1S/C14H9ClF3N3O4/c15-10-4-3-8(6-11(10)21(23)24)20-12(22)9-2-1-5-19-13(9)25-7-14(16,17)18/h1-6H,7H2,(H,20,22). The number of carbonyl (C=O) groups is 1. The van der Waals surface area contributed by atoms with Crippen LogP contribution in [0.3, 0.4) is 0 Å². The van der Waals surface area contributed by atoms with Crippen LogP contribution in [0.25, 0.3) is 0 Å². The Kier molecular flexibility index (Phi) is 5.42. The highest BCUT2D eigenvalue weighted by Crippen LogP contribution is 2.28. The first-order chi connectivity index (χ1) is 11.7. The summed E-state index contributed by atoms with van der Waals surface area (Å²) < 4.78 is 41.3. The Hall–Kier alpha value is -2.88. The zero-order chi connectivity index (χ0) is 18.6. The van der Waals surface area contributed by atoms with Crippen molar-refractivity contribution in [3.63, 3.8) is 0 Å². The van der Waals surface area contributed by atoms with Crippen molar-refractivity contribution in [2.75, 3.05) is 11.9 Å². The molecule has 0 spiro atoms. The second kappa shape index (κ2) is 7.34. The number of carbonyl (C=O) groups excluding carboxylic acids is 1. The van der Waals surface area contributed by atoms with Gasteiger partial charge in [0.25, 0.3) is 11.6 Å². The molecular formula is C14H9ClF3N3O4. The molecule has 2 rings (SSSR count). The molecule has 2 aromatic rings. The van der Waals surface area contributed by atoms with Crippen molar-refractivity contribution >= 4 is 28.9 Å². The first-order valence-electron chi connectivity index (χ1n) is 6.57. The number of ether oxygens (including phenoxy) is 1. The predicted octanol–water partition coefficient (Wildman–Crippen LogP) is 3.84. The van der Waals surface area contributed by atoms with Crippen LogP contribution in [-0.2, 0) is 0 Å². The van der Waals surface area contributed by atoms with Crippen molar-refractivity contribution in [1.29, 1.82) is 0 Å². The number of nitro benzene ring substituents is 1. The molecule has 0 fully saturated rings. The Labute approximate surface area is 143 Å². The van der Waals surface area contributed by atoms with E-state index >= 15 is 0 Å². The topological polar surface area (TPSA) is 94.4 Å². The summed E-state index contributed by atoms with van der Waals surface area (Å²) in [5.74, 6) is -1.36. The smallest absolute Gasteiger partial charge is 0.422 e. The third-order valence-electron chi connectivity index (χ3n) is 2.79. The van der Waals surface area contributed by atoms with Gasteiger partial charge in [-0.25, -0.2) is 4.98 Å². The van der Waals surface area contributed by atoms with Gasteiger partial charge in [0.1, 0.15) is 10.6 Å². The van der Waals surface area contributed by atoms with Crippen molar-refractivity contribution in [1.82, 2.24) is 4.98 Å². The van der Waals surface area contributed by atoms with Crippen molar-refractivity contribution in [3.05, 3.63) is 57.2 Å². The van der Waals surface area contributed by atoms with Crippen LogP contribution in [-0.4, -0.2) is 28.6 Å². The first-order valence-corrected chi connectivity index (χ1v) is 6.95. The van der Waals surface area contributed by atoms with Gasteiger partial charge >= 0.3 is 6.18 Å². The van der Waals surface area contributed by atoms with Gasteiger partial charge in [0.05, 0.1) is 4.92 Å². The van der Waals surface area contributed by atoms with Crippen molar-refractivity contribution < 1.29 is 27.6 Å². The van der Waals surface area contributed by atoms with Crippen LogP contribution in [0.2, 0.25) is 5.02 Å². The number of nitrogens with one attached hydrogen (secondary N) is 1. The first kappa shape index (κ1) is 18.5. The number of aromatic nitrogens is 1. The SMILES string of the molecule is O=C(Nc1ccc(Cl)c([N+](=O)[O-])c1)c1cccnc1OCC(F)(F)F. The Morgan fingerprint density at radius 1 is 1.36 bits per heavy atom. The molecule has 1 N–H and O–H groups in total. The molecule has 11 heteroatoms. The molecule has 1 heterocycles. The van der Waals surface area contributed by atoms with Gasteiger partial charge in [-0.05, 0) is 24.3 Å². The molecule has 132 valence electrons. The van der Waals surface area contributed by atoms with Gasteiger partial charge < -0.3 is 10.1 Å². The average molecular weight is 376 g/mol. The Bertz CT molecular complexity index is 814. The lowest BCUT2D eigenvalue weighted by Gasteiger charge is -2.12. The fourth-order valence-corrected chi connectivity index (χ4v) is 1.94. The van der Waals surface area contributed by atoms with E-state index < -0.39 is 35.2 Å². The van der Waals surface area contributed by atoms with Gasteiger partial charge in [0, 0.05) is 18.0 Å². The van der Waals surface area contributed by atoms with E-state index in [-0.39, 0.29) is 16.3 Å². The molecule has 25 heavy (non-hydrogen) atoms. The molecule has 0 saturated heterocycles. The summed E-state index contributed by atoms with van der Waals surface area (Å²) in [5.41, 5.74) is -0.657. The Morgan fingerprint density at radius 2 is 2.08 bits per heavy atom. The van der Waals surface area contributed by atoms with E-state index in [0.717, 1.165) is 12.3 Å². The van der Waals surface area contributed by atoms with Crippen LogP contribution in [0.4, 0.5) is 24.5 Å². The number of hydrogen-bond donors (Lipinski definition) is 1. The minimum absolute atomic E-state index is 0.0340. The summed E-state index contributed by atoms with van der Waals surface area (Å²) in [5, 5.41) is 13.0. The number of nitrogens with zero attached hydrogens (tertiary/aromatic N) is 2. The maximum Gasteiger partial charge on any atom is 0.422 e. The number of halogens is 4. The number of amides is 1. The lowest BCUT2D eigenvalue weighted by Crippen LogP contribution is -2.22. The van der Waals surface area contributed by atoms with Crippen molar-refractivity contribution in [2.45, 2.75) is 6.18 Å². The highest BCUT2D eigenvalue weighted by Gasteiger charge is 2.29.